The first-order valence-electron chi connectivity index (χ1n) is 10.3. The maximum Gasteiger partial charge on any atom is 0.191 e. The van der Waals surface area contributed by atoms with Crippen LogP contribution in [0.1, 0.15) is 36.7 Å². The van der Waals surface area contributed by atoms with Crippen LogP contribution in [-0.4, -0.2) is 51.8 Å². The van der Waals surface area contributed by atoms with E-state index in [-0.39, 0.29) is 0 Å². The van der Waals surface area contributed by atoms with Crippen molar-refractivity contribution in [2.45, 2.75) is 39.8 Å². The Morgan fingerprint density at radius 1 is 1.18 bits per heavy atom. The number of hydrogen-bond donors (Lipinski definition) is 2. The van der Waals surface area contributed by atoms with Gasteiger partial charge in [-0.05, 0) is 51.3 Å². The van der Waals surface area contributed by atoms with Crippen molar-refractivity contribution in [3.8, 4) is 0 Å². The highest BCUT2D eigenvalue weighted by Crippen LogP contribution is 2.18. The smallest absolute Gasteiger partial charge is 0.191 e. The molecule has 2 heterocycles. The Balaban J connectivity index is 1.42. The number of guanidine groups is 1. The highest BCUT2D eigenvalue weighted by molar-refractivity contribution is 5.79. The Hall–Kier alpha value is -2.41. The molecule has 1 aliphatic heterocycles. The van der Waals surface area contributed by atoms with Crippen LogP contribution >= 0.6 is 0 Å². The first kappa shape index (κ1) is 20.3. The van der Waals surface area contributed by atoms with Gasteiger partial charge in [-0.15, -0.1) is 0 Å². The number of likely N-dealkylation sites (tertiary alicyclic amines) is 1. The summed E-state index contributed by atoms with van der Waals surface area (Å²) in [6, 6.07) is 8.90. The van der Waals surface area contributed by atoms with Crippen LogP contribution in [0.5, 0.6) is 0 Å². The molecule has 7 heteroatoms. The van der Waals surface area contributed by atoms with Gasteiger partial charge in [0, 0.05) is 26.7 Å². The normalized spacial score (nSPS) is 16.3. The quantitative estimate of drug-likeness (QED) is 0.566. The van der Waals surface area contributed by atoms with Gasteiger partial charge in [-0.3, -0.25) is 9.58 Å². The maximum atomic E-state index is 4.64. The third-order valence-corrected chi connectivity index (χ3v) is 5.32. The molecule has 1 aromatic heterocycles. The predicted octanol–water partition coefficient (Wildman–Crippen LogP) is 2.09. The molecule has 7 nitrogen and oxygen atoms in total. The lowest BCUT2D eigenvalue weighted by Crippen LogP contribution is -2.42. The number of aromatic nitrogens is 3. The Kier molecular flexibility index (Phi) is 7.42. The Morgan fingerprint density at radius 3 is 2.57 bits per heavy atom. The monoisotopic (exact) mass is 383 g/mol. The van der Waals surface area contributed by atoms with E-state index in [0.29, 0.717) is 12.5 Å². The van der Waals surface area contributed by atoms with Crippen molar-refractivity contribution in [2.75, 3.05) is 26.2 Å². The van der Waals surface area contributed by atoms with Crippen LogP contribution < -0.4 is 10.6 Å². The molecule has 1 aromatic carbocycles. The Morgan fingerprint density at radius 2 is 1.93 bits per heavy atom. The summed E-state index contributed by atoms with van der Waals surface area (Å²) in [4.78, 5) is 11.4. The zero-order valence-electron chi connectivity index (χ0n) is 17.4. The topological polar surface area (TPSA) is 70.4 Å². The number of benzene rings is 1. The number of hydrogen-bond acceptors (Lipinski definition) is 4. The van der Waals surface area contributed by atoms with E-state index in [1.807, 2.05) is 7.05 Å². The van der Waals surface area contributed by atoms with Gasteiger partial charge in [0.1, 0.15) is 18.7 Å². The lowest BCUT2D eigenvalue weighted by atomic mass is 9.96. The van der Waals surface area contributed by atoms with Crippen LogP contribution in [0.3, 0.4) is 0 Å². The first-order chi connectivity index (χ1) is 13.6. The van der Waals surface area contributed by atoms with E-state index in [4.69, 9.17) is 0 Å². The van der Waals surface area contributed by atoms with Crippen molar-refractivity contribution in [1.29, 1.82) is 0 Å². The standard InChI is InChI=1S/C21H33N7/c1-4-22-21(24-14-20-25-16-26-27(20)3)23-13-18-9-11-28(12-10-18)15-19-7-5-17(2)6-8-19/h5-8,16,18H,4,9-15H2,1-3H3,(H2,22,23,24). The molecule has 2 N–H and O–H groups in total. The van der Waals surface area contributed by atoms with E-state index in [0.717, 1.165) is 44.5 Å². The minimum absolute atomic E-state index is 0.529. The van der Waals surface area contributed by atoms with Crippen LogP contribution in [0.15, 0.2) is 35.6 Å². The molecule has 1 aliphatic rings. The van der Waals surface area contributed by atoms with Gasteiger partial charge >= 0.3 is 0 Å². The summed E-state index contributed by atoms with van der Waals surface area (Å²) >= 11 is 0. The zero-order chi connectivity index (χ0) is 19.8. The van der Waals surface area contributed by atoms with E-state index >= 15 is 0 Å². The molecule has 1 saturated heterocycles. The summed E-state index contributed by atoms with van der Waals surface area (Å²) in [5.74, 6) is 2.40. The SMILES string of the molecule is CCNC(=NCc1ncnn1C)NCC1CCN(Cc2ccc(C)cc2)CC1. The van der Waals surface area contributed by atoms with Gasteiger partial charge in [0.05, 0.1) is 0 Å². The average molecular weight is 384 g/mol. The molecule has 0 bridgehead atoms. The average Bonchev–Trinajstić information content (AvgIpc) is 3.12. The largest absolute Gasteiger partial charge is 0.357 e. The summed E-state index contributed by atoms with van der Waals surface area (Å²) < 4.78 is 1.76. The predicted molar refractivity (Wildman–Crippen MR) is 113 cm³/mol. The van der Waals surface area contributed by atoms with E-state index in [1.165, 1.54) is 24.0 Å². The number of nitrogens with one attached hydrogen (secondary N) is 2. The van der Waals surface area contributed by atoms with Gasteiger partial charge in [0.25, 0.3) is 0 Å². The molecule has 2 aromatic rings. The lowest BCUT2D eigenvalue weighted by molar-refractivity contribution is 0.178. The van der Waals surface area contributed by atoms with E-state index < -0.39 is 0 Å². The first-order valence-corrected chi connectivity index (χ1v) is 10.3. The van der Waals surface area contributed by atoms with Crippen LogP contribution in [0.25, 0.3) is 0 Å². The molecule has 0 saturated carbocycles. The van der Waals surface area contributed by atoms with Crippen LogP contribution in [-0.2, 0) is 20.1 Å². The highest BCUT2D eigenvalue weighted by atomic mass is 15.3. The molecular formula is C21H33N7. The lowest BCUT2D eigenvalue weighted by Gasteiger charge is -2.32. The third kappa shape index (κ3) is 6.05. The zero-order valence-corrected chi connectivity index (χ0v) is 17.4. The van der Waals surface area contributed by atoms with E-state index in [2.05, 4.69) is 68.7 Å². The van der Waals surface area contributed by atoms with Crippen molar-refractivity contribution >= 4 is 5.96 Å². The maximum absolute atomic E-state index is 4.64. The molecule has 152 valence electrons. The molecule has 0 unspecified atom stereocenters. The van der Waals surface area contributed by atoms with Crippen molar-refractivity contribution in [2.24, 2.45) is 18.0 Å². The Bertz CT molecular complexity index is 742. The van der Waals surface area contributed by atoms with E-state index in [1.54, 1.807) is 11.0 Å². The molecule has 0 atom stereocenters. The van der Waals surface area contributed by atoms with Gasteiger partial charge in [-0.25, -0.2) is 9.98 Å². The second-order valence-electron chi connectivity index (χ2n) is 7.58. The highest BCUT2D eigenvalue weighted by Gasteiger charge is 2.19. The third-order valence-electron chi connectivity index (χ3n) is 5.32. The second kappa shape index (κ2) is 10.2. The molecule has 1 fully saturated rings. The van der Waals surface area contributed by atoms with Crippen molar-refractivity contribution in [3.05, 3.63) is 47.5 Å². The van der Waals surface area contributed by atoms with Crippen LogP contribution in [0.4, 0.5) is 0 Å². The molecular weight excluding hydrogens is 350 g/mol. The molecule has 0 amide bonds. The molecule has 3 rings (SSSR count). The molecule has 0 radical (unpaired) electrons. The van der Waals surface area contributed by atoms with Crippen molar-refractivity contribution < 1.29 is 0 Å². The van der Waals surface area contributed by atoms with Crippen LogP contribution in [0.2, 0.25) is 0 Å². The van der Waals surface area contributed by atoms with Gasteiger partial charge in [0.2, 0.25) is 0 Å². The van der Waals surface area contributed by atoms with Gasteiger partial charge < -0.3 is 10.6 Å². The number of nitrogens with zero attached hydrogens (tertiary/aromatic N) is 5. The van der Waals surface area contributed by atoms with Gasteiger partial charge in [0.15, 0.2) is 5.96 Å². The molecule has 0 spiro atoms. The molecule has 0 aliphatic carbocycles. The summed E-state index contributed by atoms with van der Waals surface area (Å²) in [6.07, 6.45) is 4.01. The summed E-state index contributed by atoms with van der Waals surface area (Å²) in [5, 5.41) is 10.9. The summed E-state index contributed by atoms with van der Waals surface area (Å²) in [6.45, 7) is 9.94. The number of aryl methyl sites for hydroxylation is 2. The second-order valence-corrected chi connectivity index (χ2v) is 7.58. The molecule has 28 heavy (non-hydrogen) atoms. The fraction of sp³-hybridized carbons (Fsp3) is 0.571. The summed E-state index contributed by atoms with van der Waals surface area (Å²) in [7, 11) is 1.89. The van der Waals surface area contributed by atoms with Gasteiger partial charge in [-0.1, -0.05) is 29.8 Å². The fourth-order valence-corrected chi connectivity index (χ4v) is 3.50. The van der Waals surface area contributed by atoms with E-state index in [9.17, 15) is 0 Å². The summed E-state index contributed by atoms with van der Waals surface area (Å²) in [5.41, 5.74) is 2.73. The minimum Gasteiger partial charge on any atom is -0.357 e. The number of aliphatic imine (C=N–C) groups is 1. The number of piperidine rings is 1. The number of rotatable bonds is 7. The van der Waals surface area contributed by atoms with Crippen LogP contribution in [0, 0.1) is 12.8 Å². The minimum atomic E-state index is 0.529. The van der Waals surface area contributed by atoms with Crippen molar-refractivity contribution in [3.63, 3.8) is 0 Å². The fourth-order valence-electron chi connectivity index (χ4n) is 3.50. The van der Waals surface area contributed by atoms with Gasteiger partial charge in [-0.2, -0.15) is 5.10 Å². The van der Waals surface area contributed by atoms with Crippen molar-refractivity contribution in [1.82, 2.24) is 30.3 Å². The Labute approximate surface area is 168 Å².